The minimum Gasteiger partial charge on any atom is -0.342 e. The van der Waals surface area contributed by atoms with E-state index in [2.05, 4.69) is 94.1 Å². The van der Waals surface area contributed by atoms with Crippen molar-refractivity contribution in [1.82, 2.24) is 9.13 Å². The Balaban J connectivity index is 1.09. The van der Waals surface area contributed by atoms with E-state index in [1.807, 2.05) is 48.8 Å². The maximum absolute atomic E-state index is 11.5. The molecule has 0 aliphatic heterocycles. The maximum Gasteiger partial charge on any atom is 0.152 e. The highest BCUT2D eigenvalue weighted by atomic mass is 16.1. The summed E-state index contributed by atoms with van der Waals surface area (Å²) in [4.78, 5) is 23.1. The zero-order valence-corrected chi connectivity index (χ0v) is 23.0. The molecule has 0 fully saturated rings. The molecule has 2 aromatic heterocycles. The van der Waals surface area contributed by atoms with E-state index >= 15 is 0 Å². The Labute approximate surface area is 244 Å². The largest absolute Gasteiger partial charge is 0.342 e. The van der Waals surface area contributed by atoms with Gasteiger partial charge in [-0.2, -0.15) is 0 Å². The van der Waals surface area contributed by atoms with E-state index in [1.165, 1.54) is 11.1 Å². The molecule has 0 spiro atoms. The first-order valence-electron chi connectivity index (χ1n) is 14.0. The second kappa shape index (κ2) is 10.8. The minimum atomic E-state index is 0.705. The number of benzene rings is 5. The van der Waals surface area contributed by atoms with Crippen molar-refractivity contribution in [3.63, 3.8) is 0 Å². The Morgan fingerprint density at radius 1 is 0.452 bits per heavy atom. The second-order valence-electron chi connectivity index (χ2n) is 10.7. The lowest BCUT2D eigenvalue weighted by molar-refractivity contribution is 0.111. The Morgan fingerprint density at radius 2 is 0.881 bits per heavy atom. The van der Waals surface area contributed by atoms with Crippen LogP contribution in [0, 0.1) is 0 Å². The fourth-order valence-electron chi connectivity index (χ4n) is 5.88. The van der Waals surface area contributed by atoms with Crippen LogP contribution in [0.15, 0.2) is 134 Å². The van der Waals surface area contributed by atoms with Crippen LogP contribution in [0.5, 0.6) is 0 Å². The number of carbonyl (C=O) groups is 2. The first-order chi connectivity index (χ1) is 20.7. The maximum atomic E-state index is 11.5. The molecule has 4 heteroatoms. The molecule has 5 aromatic carbocycles. The summed E-state index contributed by atoms with van der Waals surface area (Å²) in [6.45, 7) is 1.41. The Hall–Kier alpha value is -5.48. The van der Waals surface area contributed by atoms with Crippen LogP contribution in [-0.4, -0.2) is 21.7 Å². The number of fused-ring (bicyclic) bond motifs is 2. The van der Waals surface area contributed by atoms with Gasteiger partial charge >= 0.3 is 0 Å². The third-order valence-electron chi connectivity index (χ3n) is 8.04. The first kappa shape index (κ1) is 25.5. The molecule has 0 saturated heterocycles. The molecule has 0 unspecified atom stereocenters. The highest BCUT2D eigenvalue weighted by Gasteiger charge is 2.10. The van der Waals surface area contributed by atoms with Gasteiger partial charge in [0.2, 0.25) is 0 Å². The molecule has 2 heterocycles. The lowest BCUT2D eigenvalue weighted by atomic mass is 9.98. The summed E-state index contributed by atoms with van der Waals surface area (Å²) in [5.41, 5.74) is 10.6. The van der Waals surface area contributed by atoms with Crippen LogP contribution < -0.4 is 0 Å². The smallest absolute Gasteiger partial charge is 0.152 e. The van der Waals surface area contributed by atoms with E-state index in [9.17, 15) is 9.59 Å². The lowest BCUT2D eigenvalue weighted by Crippen LogP contribution is -1.98. The van der Waals surface area contributed by atoms with Crippen LogP contribution in [0.1, 0.15) is 31.8 Å². The van der Waals surface area contributed by atoms with Gasteiger partial charge in [-0.3, -0.25) is 9.59 Å². The van der Waals surface area contributed by atoms with Gasteiger partial charge in [-0.25, -0.2) is 0 Å². The minimum absolute atomic E-state index is 0.705. The van der Waals surface area contributed by atoms with Crippen LogP contribution in [0.4, 0.5) is 0 Å². The fourth-order valence-corrected chi connectivity index (χ4v) is 5.88. The quantitative estimate of drug-likeness (QED) is 0.180. The molecule has 7 rings (SSSR count). The number of nitrogens with zero attached hydrogens (tertiary/aromatic N) is 2. The molecule has 0 amide bonds. The lowest BCUT2D eigenvalue weighted by Gasteiger charge is -2.10. The van der Waals surface area contributed by atoms with Gasteiger partial charge in [-0.05, 0) is 51.6 Å². The third-order valence-corrected chi connectivity index (χ3v) is 8.04. The summed E-state index contributed by atoms with van der Waals surface area (Å²) in [6.07, 6.45) is 5.72. The van der Waals surface area contributed by atoms with Crippen molar-refractivity contribution in [2.24, 2.45) is 0 Å². The van der Waals surface area contributed by atoms with E-state index in [0.717, 1.165) is 67.8 Å². The van der Waals surface area contributed by atoms with Crippen molar-refractivity contribution in [3.8, 4) is 22.3 Å². The summed E-state index contributed by atoms with van der Waals surface area (Å²) in [7, 11) is 0. The van der Waals surface area contributed by atoms with Gasteiger partial charge < -0.3 is 9.13 Å². The van der Waals surface area contributed by atoms with Crippen LogP contribution in [-0.2, 0) is 13.1 Å². The topological polar surface area (TPSA) is 44.0 Å². The Bertz CT molecular complexity index is 1910. The molecule has 0 aliphatic rings. The summed E-state index contributed by atoms with van der Waals surface area (Å²) in [5.74, 6) is 0. The number of carbonyl (C=O) groups excluding carboxylic acids is 2. The molecule has 0 N–H and O–H groups in total. The molecule has 0 bridgehead atoms. The molecule has 0 atom stereocenters. The van der Waals surface area contributed by atoms with Gasteiger partial charge in [-0.1, -0.05) is 103 Å². The number of para-hydroxylation sites is 2. The average Bonchev–Trinajstić information content (AvgIpc) is 3.59. The Kier molecular flexibility index (Phi) is 6.57. The molecule has 0 aliphatic carbocycles. The number of rotatable bonds is 8. The summed E-state index contributed by atoms with van der Waals surface area (Å²) >= 11 is 0. The van der Waals surface area contributed by atoms with Crippen molar-refractivity contribution in [2.45, 2.75) is 13.1 Å². The van der Waals surface area contributed by atoms with Crippen LogP contribution >= 0.6 is 0 Å². The van der Waals surface area contributed by atoms with Gasteiger partial charge in [-0.15, -0.1) is 0 Å². The fraction of sp³-hybridized carbons (Fsp3) is 0.0526. The number of aldehydes is 2. The molecule has 42 heavy (non-hydrogen) atoms. The predicted octanol–water partition coefficient (Wildman–Crippen LogP) is 8.65. The van der Waals surface area contributed by atoms with E-state index in [0.29, 0.717) is 13.1 Å². The average molecular weight is 545 g/mol. The van der Waals surface area contributed by atoms with Crippen LogP contribution in [0.2, 0.25) is 0 Å². The standard InChI is InChI=1S/C38H28N2O2/c41-25-33-23-39(37-10-3-1-8-35(33)37)21-27-12-16-29(17-13-27)31-6-5-7-32(20-31)30-18-14-28(15-19-30)22-40-24-34(26-42)36-9-2-4-11-38(36)40/h1-20,23-26H,21-22H2. The molecule has 4 nitrogen and oxygen atoms in total. The summed E-state index contributed by atoms with van der Waals surface area (Å²) < 4.78 is 4.27. The van der Waals surface area contributed by atoms with Crippen molar-refractivity contribution >= 4 is 34.4 Å². The Morgan fingerprint density at radius 3 is 1.31 bits per heavy atom. The first-order valence-corrected chi connectivity index (χ1v) is 14.0. The number of hydrogen-bond acceptors (Lipinski definition) is 2. The summed E-state index contributed by atoms with van der Waals surface area (Å²) in [5, 5.41) is 1.97. The molecular weight excluding hydrogens is 516 g/mol. The van der Waals surface area contributed by atoms with E-state index < -0.39 is 0 Å². The van der Waals surface area contributed by atoms with Crippen LogP contribution in [0.25, 0.3) is 44.1 Å². The summed E-state index contributed by atoms with van der Waals surface area (Å²) in [6, 6.07) is 42.0. The predicted molar refractivity (Wildman–Crippen MR) is 170 cm³/mol. The van der Waals surface area contributed by atoms with E-state index in [-0.39, 0.29) is 0 Å². The van der Waals surface area contributed by atoms with Gasteiger partial charge in [0.1, 0.15) is 0 Å². The second-order valence-corrected chi connectivity index (χ2v) is 10.7. The number of aromatic nitrogens is 2. The zero-order valence-electron chi connectivity index (χ0n) is 23.0. The van der Waals surface area contributed by atoms with Crippen LogP contribution in [0.3, 0.4) is 0 Å². The van der Waals surface area contributed by atoms with Gasteiger partial charge in [0.15, 0.2) is 12.6 Å². The van der Waals surface area contributed by atoms with Crippen molar-refractivity contribution < 1.29 is 9.59 Å². The molecule has 202 valence electrons. The van der Waals surface area contributed by atoms with Gasteiger partial charge in [0, 0.05) is 58.4 Å². The molecule has 0 saturated carbocycles. The van der Waals surface area contributed by atoms with E-state index in [1.54, 1.807) is 0 Å². The third kappa shape index (κ3) is 4.73. The van der Waals surface area contributed by atoms with Gasteiger partial charge in [0.25, 0.3) is 0 Å². The zero-order chi connectivity index (χ0) is 28.5. The SMILES string of the molecule is O=Cc1cn(Cc2ccc(-c3cccc(-c4ccc(Cn5cc(C=O)c6ccccc65)cc4)c3)cc2)c2ccccc12. The highest BCUT2D eigenvalue weighted by molar-refractivity contribution is 5.98. The molecule has 0 radical (unpaired) electrons. The van der Waals surface area contributed by atoms with Crippen molar-refractivity contribution in [3.05, 3.63) is 156 Å². The van der Waals surface area contributed by atoms with Crippen molar-refractivity contribution in [2.75, 3.05) is 0 Å². The van der Waals surface area contributed by atoms with Gasteiger partial charge in [0.05, 0.1) is 0 Å². The van der Waals surface area contributed by atoms with E-state index in [4.69, 9.17) is 0 Å². The normalized spacial score (nSPS) is 11.2. The monoisotopic (exact) mass is 544 g/mol. The number of hydrogen-bond donors (Lipinski definition) is 0. The van der Waals surface area contributed by atoms with Crippen molar-refractivity contribution in [1.29, 1.82) is 0 Å². The highest BCUT2D eigenvalue weighted by Crippen LogP contribution is 2.28. The molecule has 7 aromatic rings. The molecular formula is C38H28N2O2.